The maximum absolute atomic E-state index is 14.8. The van der Waals surface area contributed by atoms with Gasteiger partial charge in [-0.3, -0.25) is 4.79 Å². The highest BCUT2D eigenvalue weighted by atomic mass is 19.4. The molecule has 13 saturated carbocycles. The Labute approximate surface area is 357 Å². The van der Waals surface area contributed by atoms with Crippen LogP contribution in [0.15, 0.2) is 29.4 Å². The molecule has 0 N–H and O–H groups in total. The van der Waals surface area contributed by atoms with Gasteiger partial charge in [-0.05, 0) is 217 Å². The fourth-order valence-corrected chi connectivity index (χ4v) is 24.8. The average molecular weight is 851 g/mol. The largest absolute Gasteiger partial charge is 0.469 e. The van der Waals surface area contributed by atoms with Crippen molar-refractivity contribution in [1.29, 1.82) is 0 Å². The molecule has 0 aromatic carbocycles. The number of hydrogen-bond donors (Lipinski definition) is 0. The minimum absolute atomic E-state index is 0.0641. The summed E-state index contributed by atoms with van der Waals surface area (Å²) in [6.07, 6.45) is 3.18. The monoisotopic (exact) mass is 850 g/mol. The lowest BCUT2D eigenvalue weighted by molar-refractivity contribution is -0.148. The highest BCUT2D eigenvalue weighted by Crippen LogP contribution is 2.92. The van der Waals surface area contributed by atoms with E-state index < -0.39 is 35.1 Å². The molecule has 29 unspecified atom stereocenters. The molecule has 0 aliphatic heterocycles. The van der Waals surface area contributed by atoms with Crippen LogP contribution in [0.25, 0.3) is 0 Å². The van der Waals surface area contributed by atoms with Gasteiger partial charge in [-0.1, -0.05) is 29.6 Å². The predicted octanol–water partition coefficient (Wildman–Crippen LogP) is 9.76. The lowest BCUT2D eigenvalue weighted by Gasteiger charge is -2.60. The van der Waals surface area contributed by atoms with Crippen molar-refractivity contribution < 1.29 is 35.9 Å². The van der Waals surface area contributed by atoms with Gasteiger partial charge in [0, 0.05) is 23.7 Å². The number of nitrogens with zero attached hydrogens (tertiary/aromatic N) is 2. The van der Waals surface area contributed by atoms with Gasteiger partial charge in [-0.2, -0.15) is 26.3 Å². The van der Waals surface area contributed by atoms with E-state index >= 15 is 0 Å². The second-order valence-corrected chi connectivity index (χ2v) is 24.6. The number of allylic oxidation sites excluding steroid dienone is 4. The van der Waals surface area contributed by atoms with E-state index in [0.29, 0.717) is 95.7 Å². The SMILES string of the molecule is COC(=O)CCCC1(c2nc(C(F)(F)F)cc(C(F)(F)F)n2)C2C3C4C#CC5CC6C7C5CCC5C8=C9C(C57)C5C6C6C(C4)C3C3C4C7C(CCC%10C(C=C8)C9C(C%107)C5C64)C3C21. The molecule has 0 radical (unpaired) electrons. The molecule has 29 atom stereocenters. The number of halogens is 6. The number of aromatic nitrogens is 2. The van der Waals surface area contributed by atoms with Crippen molar-refractivity contribution in [2.24, 2.45) is 166 Å². The van der Waals surface area contributed by atoms with Crippen LogP contribution in [-0.2, 0) is 27.3 Å². The van der Waals surface area contributed by atoms with Gasteiger partial charge >= 0.3 is 18.3 Å². The number of ether oxygens (including phenoxy) is 1. The smallest absolute Gasteiger partial charge is 0.433 e. The number of rotatable bonds is 5. The predicted molar refractivity (Wildman–Crippen MR) is 209 cm³/mol. The van der Waals surface area contributed by atoms with E-state index in [0.717, 1.165) is 66.1 Å². The Morgan fingerprint density at radius 1 is 0.677 bits per heavy atom. The highest BCUT2D eigenvalue weighted by molar-refractivity contribution is 5.69. The Hall–Kier alpha value is -2.83. The van der Waals surface area contributed by atoms with Gasteiger partial charge in [0.05, 0.1) is 7.11 Å². The maximum Gasteiger partial charge on any atom is 0.433 e. The minimum atomic E-state index is -5.07. The molecular weight excluding hydrogens is 799 g/mol. The number of hydrogen-bond acceptors (Lipinski definition) is 4. The first kappa shape index (κ1) is 35.4. The van der Waals surface area contributed by atoms with Crippen molar-refractivity contribution in [2.75, 3.05) is 7.11 Å². The molecule has 0 spiro atoms. The number of carbonyl (C=O) groups excluding carboxylic acids is 1. The molecule has 324 valence electrons. The number of methoxy groups -OCH3 is 1. The molecule has 4 bridgehead atoms. The molecule has 4 nitrogen and oxygen atoms in total. The van der Waals surface area contributed by atoms with Crippen molar-refractivity contribution in [3.63, 3.8) is 0 Å². The van der Waals surface area contributed by atoms with Crippen LogP contribution in [0.2, 0.25) is 0 Å². The van der Waals surface area contributed by atoms with Crippen LogP contribution < -0.4 is 0 Å². The number of fused-ring (bicyclic) bond motifs is 10. The minimum Gasteiger partial charge on any atom is -0.469 e. The van der Waals surface area contributed by atoms with Gasteiger partial charge < -0.3 is 4.74 Å². The van der Waals surface area contributed by atoms with Gasteiger partial charge in [-0.25, -0.2) is 9.97 Å². The summed E-state index contributed by atoms with van der Waals surface area (Å²) in [5.74, 6) is 22.7. The normalized spacial score (nSPS) is 60.3. The second kappa shape index (κ2) is 10.6. The van der Waals surface area contributed by atoms with E-state index in [-0.39, 0.29) is 47.9 Å². The molecule has 0 amide bonds. The van der Waals surface area contributed by atoms with Crippen LogP contribution in [0.4, 0.5) is 26.3 Å². The Morgan fingerprint density at radius 2 is 1.27 bits per heavy atom. The summed E-state index contributed by atoms with van der Waals surface area (Å²) in [5, 5.41) is 0. The fourth-order valence-electron chi connectivity index (χ4n) is 24.8. The van der Waals surface area contributed by atoms with E-state index in [1.54, 1.807) is 5.57 Å². The zero-order valence-corrected chi connectivity index (χ0v) is 34.7. The molecular formula is C52H52F6N2O2. The summed E-state index contributed by atoms with van der Waals surface area (Å²) >= 11 is 0. The third-order valence-corrected chi connectivity index (χ3v) is 24.5. The first-order valence-corrected chi connectivity index (χ1v) is 25.0. The van der Waals surface area contributed by atoms with Gasteiger partial charge in [0.2, 0.25) is 0 Å². The molecule has 17 rings (SSSR count). The van der Waals surface area contributed by atoms with Crippen molar-refractivity contribution in [3.8, 4) is 11.8 Å². The lowest BCUT2D eigenvalue weighted by Crippen LogP contribution is -2.57. The molecule has 1 aromatic rings. The zero-order valence-electron chi connectivity index (χ0n) is 34.7. The van der Waals surface area contributed by atoms with Crippen molar-refractivity contribution in [2.45, 2.75) is 75.6 Å². The Morgan fingerprint density at radius 3 is 2.05 bits per heavy atom. The zero-order chi connectivity index (χ0) is 41.2. The quantitative estimate of drug-likeness (QED) is 0.168. The summed E-state index contributed by atoms with van der Waals surface area (Å²) in [7, 11) is 1.34. The standard InChI is InChI=1S/C52H52F6N2O2/c1-62-28(61)3-2-12-50(49-59-26(51(53,54)55)15-27(60-49)52(56,57)58)47-29-17-5-4-16-13-24-30-18(16)6-7-19-20-8-9-21-22-10-11-23-35-34(22)41-33(21)32(20)40(31(19)30)44-37(24)38-25(14-17)36(29)42(39(23)48(47)50)43(35)45(38)46(41)44/h8-9,15-19,21-25,29-31,33-48H,2-3,6-7,10-14H2,1H3. The van der Waals surface area contributed by atoms with Crippen LogP contribution in [0.1, 0.15) is 75.0 Å². The maximum atomic E-state index is 14.8. The first-order chi connectivity index (χ1) is 29.9. The van der Waals surface area contributed by atoms with Crippen LogP contribution in [0, 0.1) is 178 Å². The third kappa shape index (κ3) is 3.53. The Balaban J connectivity index is 0.928. The van der Waals surface area contributed by atoms with Crippen molar-refractivity contribution in [1.82, 2.24) is 9.97 Å². The second-order valence-electron chi connectivity index (χ2n) is 24.6. The Kier molecular flexibility index (Phi) is 6.04. The summed E-state index contributed by atoms with van der Waals surface area (Å²) in [6, 6.07) is 0.117. The van der Waals surface area contributed by atoms with Gasteiger partial charge in [-0.15, -0.1) is 0 Å². The molecule has 16 aliphatic rings. The lowest BCUT2D eigenvalue weighted by atomic mass is 9.44. The van der Waals surface area contributed by atoms with E-state index in [2.05, 4.69) is 34.0 Å². The third-order valence-electron chi connectivity index (χ3n) is 24.5. The van der Waals surface area contributed by atoms with E-state index in [1.807, 2.05) is 5.57 Å². The average Bonchev–Trinajstić information content (AvgIpc) is 3.88. The number of alkyl halides is 6. The number of esters is 1. The summed E-state index contributed by atoms with van der Waals surface area (Å²) in [5.41, 5.74) is -0.310. The van der Waals surface area contributed by atoms with Gasteiger partial charge in [0.1, 0.15) is 17.2 Å². The van der Waals surface area contributed by atoms with Gasteiger partial charge in [0.15, 0.2) is 0 Å². The topological polar surface area (TPSA) is 52.1 Å². The van der Waals surface area contributed by atoms with Crippen molar-refractivity contribution >= 4 is 5.97 Å². The summed E-state index contributed by atoms with van der Waals surface area (Å²) in [4.78, 5) is 21.2. The van der Waals surface area contributed by atoms with E-state index in [4.69, 9.17) is 4.74 Å². The molecule has 1 heterocycles. The summed E-state index contributed by atoms with van der Waals surface area (Å²) in [6.45, 7) is 0. The molecule has 10 heteroatoms. The molecule has 0 saturated heterocycles. The molecule has 16 aliphatic carbocycles. The van der Waals surface area contributed by atoms with Crippen molar-refractivity contribution in [3.05, 3.63) is 46.6 Å². The fraction of sp³-hybridized carbons (Fsp3) is 0.788. The molecule has 13 fully saturated rings. The Bertz CT molecular complexity index is 2430. The van der Waals surface area contributed by atoms with Crippen LogP contribution in [-0.4, -0.2) is 23.0 Å². The molecule has 1 aromatic heterocycles. The van der Waals surface area contributed by atoms with Crippen LogP contribution >= 0.6 is 0 Å². The van der Waals surface area contributed by atoms with E-state index in [9.17, 15) is 31.1 Å². The van der Waals surface area contributed by atoms with E-state index in [1.165, 1.54) is 32.8 Å². The highest BCUT2D eigenvalue weighted by Gasteiger charge is 2.89. The number of carbonyl (C=O) groups is 1. The van der Waals surface area contributed by atoms with Crippen LogP contribution in [0.5, 0.6) is 0 Å². The van der Waals surface area contributed by atoms with Crippen LogP contribution in [0.3, 0.4) is 0 Å². The first-order valence-electron chi connectivity index (χ1n) is 25.0. The van der Waals surface area contributed by atoms with Gasteiger partial charge in [0.25, 0.3) is 0 Å². The molecule has 62 heavy (non-hydrogen) atoms. The summed E-state index contributed by atoms with van der Waals surface area (Å²) < 4.78 is 93.8.